The van der Waals surface area contributed by atoms with Gasteiger partial charge in [0.1, 0.15) is 5.54 Å². The van der Waals surface area contributed by atoms with E-state index in [1.807, 2.05) is 24.3 Å². The molecule has 4 heteroatoms. The molecule has 0 saturated heterocycles. The van der Waals surface area contributed by atoms with Crippen LogP contribution in [0.4, 0.5) is 5.69 Å². The molecule has 0 heterocycles. The Morgan fingerprint density at radius 2 is 1.95 bits per heavy atom. The van der Waals surface area contributed by atoms with Gasteiger partial charge in [0, 0.05) is 16.6 Å². The molecule has 0 radical (unpaired) electrons. The van der Waals surface area contributed by atoms with Crippen LogP contribution in [0.15, 0.2) is 46.9 Å². The summed E-state index contributed by atoms with van der Waals surface area (Å²) in [5, 5.41) is 13.8. The lowest BCUT2D eigenvalue weighted by Gasteiger charge is -2.34. The lowest BCUT2D eigenvalue weighted by Crippen LogP contribution is -2.42. The normalized spacial score (nSPS) is 20.4. The quantitative estimate of drug-likeness (QED) is 0.820. The van der Waals surface area contributed by atoms with Crippen LogP contribution in [-0.4, -0.2) is 5.54 Å². The van der Waals surface area contributed by atoms with E-state index in [1.165, 1.54) is 11.1 Å². The Balaban J connectivity index is 1.89. The van der Waals surface area contributed by atoms with Crippen LogP contribution in [0.3, 0.4) is 0 Å². The van der Waals surface area contributed by atoms with Crippen molar-refractivity contribution < 1.29 is 0 Å². The smallest absolute Gasteiger partial charge is 0.129 e. The summed E-state index contributed by atoms with van der Waals surface area (Å²) in [7, 11) is 0. The van der Waals surface area contributed by atoms with Crippen molar-refractivity contribution in [3.05, 3.63) is 63.1 Å². The van der Waals surface area contributed by atoms with Crippen molar-refractivity contribution in [2.24, 2.45) is 0 Å². The highest BCUT2D eigenvalue weighted by atomic mass is 79.9. The first kappa shape index (κ1) is 14.4. The third-order valence-electron chi connectivity index (χ3n) is 3.95. The molecule has 0 amide bonds. The van der Waals surface area contributed by atoms with Gasteiger partial charge in [-0.1, -0.05) is 35.9 Å². The topological polar surface area (TPSA) is 35.8 Å². The van der Waals surface area contributed by atoms with Crippen molar-refractivity contribution in [1.29, 1.82) is 5.26 Å². The van der Waals surface area contributed by atoms with Gasteiger partial charge < -0.3 is 5.32 Å². The molecule has 3 rings (SSSR count). The Hall–Kier alpha value is -1.50. The van der Waals surface area contributed by atoms with Crippen molar-refractivity contribution in [1.82, 2.24) is 0 Å². The number of nitrogens with zero attached hydrogens (tertiary/aromatic N) is 1. The number of fused-ring (bicyclic) bond motifs is 1. The Morgan fingerprint density at radius 3 is 2.67 bits per heavy atom. The molecule has 1 atom stereocenters. The zero-order valence-corrected chi connectivity index (χ0v) is 13.7. The number of hydrogen-bond donors (Lipinski definition) is 1. The molecule has 1 N–H and O–H groups in total. The van der Waals surface area contributed by atoms with Gasteiger partial charge in [-0.15, -0.1) is 0 Å². The summed E-state index contributed by atoms with van der Waals surface area (Å²) in [6, 6.07) is 16.5. The van der Waals surface area contributed by atoms with Crippen molar-refractivity contribution in [3.63, 3.8) is 0 Å². The molecule has 0 fully saturated rings. The van der Waals surface area contributed by atoms with E-state index in [0.717, 1.165) is 29.4 Å². The zero-order chi connectivity index (χ0) is 14.9. The molecule has 1 aliphatic rings. The second-order valence-electron chi connectivity index (χ2n) is 5.39. The van der Waals surface area contributed by atoms with Gasteiger partial charge in [0.25, 0.3) is 0 Å². The number of nitriles is 1. The number of halogens is 2. The number of hydrogen-bond acceptors (Lipinski definition) is 2. The zero-order valence-electron chi connectivity index (χ0n) is 11.4. The van der Waals surface area contributed by atoms with Crippen LogP contribution < -0.4 is 5.32 Å². The van der Waals surface area contributed by atoms with E-state index in [0.29, 0.717) is 5.02 Å². The SMILES string of the molecule is N#CC1(Nc2ccc(Cl)c(Br)c2)CCc2ccccc2C1. The molecule has 21 heavy (non-hydrogen) atoms. The molecule has 0 aromatic heterocycles. The average molecular weight is 362 g/mol. The first-order valence-electron chi connectivity index (χ1n) is 6.83. The highest BCUT2D eigenvalue weighted by Crippen LogP contribution is 2.33. The minimum absolute atomic E-state index is 0.554. The van der Waals surface area contributed by atoms with Crippen molar-refractivity contribution in [3.8, 4) is 6.07 Å². The van der Waals surface area contributed by atoms with E-state index in [1.54, 1.807) is 0 Å². The first-order chi connectivity index (χ1) is 10.1. The summed E-state index contributed by atoms with van der Waals surface area (Å²) in [5.74, 6) is 0. The number of nitrogens with one attached hydrogen (secondary N) is 1. The van der Waals surface area contributed by atoms with Crippen molar-refractivity contribution in [2.75, 3.05) is 5.32 Å². The summed E-state index contributed by atoms with van der Waals surface area (Å²) in [6.07, 6.45) is 2.45. The van der Waals surface area contributed by atoms with E-state index in [2.05, 4.69) is 45.5 Å². The van der Waals surface area contributed by atoms with Crippen molar-refractivity contribution in [2.45, 2.75) is 24.8 Å². The summed E-state index contributed by atoms with van der Waals surface area (Å²) < 4.78 is 0.832. The van der Waals surface area contributed by atoms with E-state index in [-0.39, 0.29) is 0 Å². The van der Waals surface area contributed by atoms with Gasteiger partial charge >= 0.3 is 0 Å². The van der Waals surface area contributed by atoms with Gasteiger partial charge in [0.15, 0.2) is 0 Å². The van der Waals surface area contributed by atoms with Crippen LogP contribution in [0.1, 0.15) is 17.5 Å². The monoisotopic (exact) mass is 360 g/mol. The number of benzene rings is 2. The molecule has 0 aliphatic heterocycles. The van der Waals surface area contributed by atoms with E-state index in [9.17, 15) is 5.26 Å². The number of anilines is 1. The third kappa shape index (κ3) is 2.92. The van der Waals surface area contributed by atoms with Gasteiger partial charge in [-0.2, -0.15) is 5.26 Å². The molecule has 1 aliphatic carbocycles. The standard InChI is InChI=1S/C17H14BrClN2/c18-15-9-14(5-6-16(15)19)21-17(11-20)8-7-12-3-1-2-4-13(12)10-17/h1-6,9,21H,7-8,10H2. The number of rotatable bonds is 2. The van der Waals surface area contributed by atoms with Crippen molar-refractivity contribution >= 4 is 33.2 Å². The molecule has 2 nitrogen and oxygen atoms in total. The second-order valence-corrected chi connectivity index (χ2v) is 6.65. The molecular formula is C17H14BrClN2. The molecular weight excluding hydrogens is 348 g/mol. The van der Waals surface area contributed by atoms with Gasteiger partial charge in [-0.25, -0.2) is 0 Å². The maximum Gasteiger partial charge on any atom is 0.129 e. The fourth-order valence-electron chi connectivity index (χ4n) is 2.82. The van der Waals surface area contributed by atoms with Crippen LogP contribution >= 0.6 is 27.5 Å². The fourth-order valence-corrected chi connectivity index (χ4v) is 3.31. The van der Waals surface area contributed by atoms with E-state index < -0.39 is 5.54 Å². The van der Waals surface area contributed by atoms with Crippen LogP contribution in [0.2, 0.25) is 5.02 Å². The van der Waals surface area contributed by atoms with Gasteiger partial charge in [0.2, 0.25) is 0 Å². The molecule has 0 spiro atoms. The van der Waals surface area contributed by atoms with Crippen LogP contribution in [0.25, 0.3) is 0 Å². The maximum absolute atomic E-state index is 9.70. The summed E-state index contributed by atoms with van der Waals surface area (Å²) in [5.41, 5.74) is 2.96. The maximum atomic E-state index is 9.70. The molecule has 1 unspecified atom stereocenters. The predicted octanol–water partition coefficient (Wildman–Crippen LogP) is 4.97. The van der Waals surface area contributed by atoms with Crippen LogP contribution in [-0.2, 0) is 12.8 Å². The fraction of sp³-hybridized carbons (Fsp3) is 0.235. The van der Waals surface area contributed by atoms with Crippen LogP contribution in [0.5, 0.6) is 0 Å². The average Bonchev–Trinajstić information content (AvgIpc) is 2.51. The largest absolute Gasteiger partial charge is 0.367 e. The Labute approximate surface area is 137 Å². The third-order valence-corrected chi connectivity index (χ3v) is 5.16. The Kier molecular flexibility index (Phi) is 3.93. The lowest BCUT2D eigenvalue weighted by atomic mass is 9.78. The highest BCUT2D eigenvalue weighted by Gasteiger charge is 2.34. The predicted molar refractivity (Wildman–Crippen MR) is 89.6 cm³/mol. The minimum Gasteiger partial charge on any atom is -0.367 e. The first-order valence-corrected chi connectivity index (χ1v) is 8.00. The molecule has 0 saturated carbocycles. The van der Waals surface area contributed by atoms with Gasteiger partial charge in [-0.05, 0) is 58.1 Å². The Bertz CT molecular complexity index is 723. The molecule has 106 valence electrons. The summed E-state index contributed by atoms with van der Waals surface area (Å²) in [6.45, 7) is 0. The summed E-state index contributed by atoms with van der Waals surface area (Å²) >= 11 is 9.44. The second kappa shape index (κ2) is 5.71. The minimum atomic E-state index is -0.554. The van der Waals surface area contributed by atoms with Gasteiger partial charge in [0.05, 0.1) is 11.1 Å². The highest BCUT2D eigenvalue weighted by molar-refractivity contribution is 9.10. The van der Waals surface area contributed by atoms with E-state index >= 15 is 0 Å². The van der Waals surface area contributed by atoms with Crippen LogP contribution in [0, 0.1) is 11.3 Å². The van der Waals surface area contributed by atoms with E-state index in [4.69, 9.17) is 11.6 Å². The van der Waals surface area contributed by atoms with Gasteiger partial charge in [-0.3, -0.25) is 0 Å². The summed E-state index contributed by atoms with van der Waals surface area (Å²) in [4.78, 5) is 0. The lowest BCUT2D eigenvalue weighted by molar-refractivity contribution is 0.507. The molecule has 2 aromatic carbocycles. The molecule has 0 bridgehead atoms. The number of aryl methyl sites for hydroxylation is 1. The Morgan fingerprint density at radius 1 is 1.19 bits per heavy atom. The molecule has 2 aromatic rings.